The molecule has 68 valence electrons. The number of aryl methyl sites for hydroxylation is 1. The van der Waals surface area contributed by atoms with Crippen molar-refractivity contribution in [2.45, 2.75) is 19.4 Å². The number of hydrogen-bond acceptors (Lipinski definition) is 1. The van der Waals surface area contributed by atoms with Crippen LogP contribution in [-0.2, 0) is 10.3 Å². The van der Waals surface area contributed by atoms with E-state index in [1.54, 1.807) is 0 Å². The fourth-order valence-corrected chi connectivity index (χ4v) is 1.84. The minimum absolute atomic E-state index is 0.203. The van der Waals surface area contributed by atoms with Crippen molar-refractivity contribution in [2.75, 3.05) is 6.61 Å². The topological polar surface area (TPSA) is 9.23 Å². The lowest BCUT2D eigenvalue weighted by atomic mass is 9.92. The molecule has 1 aliphatic rings. The van der Waals surface area contributed by atoms with Crippen LogP contribution < -0.4 is 0 Å². The molecule has 1 aromatic rings. The van der Waals surface area contributed by atoms with Gasteiger partial charge in [-0.25, -0.2) is 0 Å². The molecule has 0 radical (unpaired) electrons. The van der Waals surface area contributed by atoms with E-state index in [4.69, 9.17) is 4.74 Å². The third-order valence-electron chi connectivity index (χ3n) is 2.60. The summed E-state index contributed by atoms with van der Waals surface area (Å²) in [5.74, 6) is 0. The Balaban J connectivity index is 2.45. The average molecular weight is 174 g/mol. The highest BCUT2D eigenvalue weighted by atomic mass is 16.5. The Hall–Kier alpha value is -1.08. The lowest BCUT2D eigenvalue weighted by molar-refractivity contribution is 0.0385. The largest absolute Gasteiger partial charge is 0.362 e. The Labute approximate surface area is 79.0 Å². The van der Waals surface area contributed by atoms with E-state index >= 15 is 0 Å². The Kier molecular flexibility index (Phi) is 1.97. The molecule has 1 heteroatoms. The zero-order chi connectivity index (χ0) is 9.31. The molecule has 0 amide bonds. The molecule has 0 fully saturated rings. The zero-order valence-corrected chi connectivity index (χ0v) is 8.08. The number of rotatable bonds is 1. The van der Waals surface area contributed by atoms with Crippen LogP contribution in [0.1, 0.15) is 18.1 Å². The van der Waals surface area contributed by atoms with Gasteiger partial charge in [0.15, 0.2) is 0 Å². The van der Waals surface area contributed by atoms with Gasteiger partial charge in [0.1, 0.15) is 5.60 Å². The van der Waals surface area contributed by atoms with Crippen LogP contribution in [0.5, 0.6) is 0 Å². The smallest absolute Gasteiger partial charge is 0.109 e. The molecule has 0 saturated carbocycles. The van der Waals surface area contributed by atoms with Crippen LogP contribution in [0.25, 0.3) is 0 Å². The van der Waals surface area contributed by atoms with Gasteiger partial charge in [-0.15, -0.1) is 0 Å². The molecular formula is C12H14O. The quantitative estimate of drug-likeness (QED) is 0.595. The summed E-state index contributed by atoms with van der Waals surface area (Å²) in [6.45, 7) is 4.96. The van der Waals surface area contributed by atoms with Crippen LogP contribution in [0.3, 0.4) is 0 Å². The van der Waals surface area contributed by atoms with Gasteiger partial charge in [-0.05, 0) is 25.0 Å². The average Bonchev–Trinajstić information content (AvgIpc) is 2.54. The van der Waals surface area contributed by atoms with Gasteiger partial charge in [-0.3, -0.25) is 0 Å². The number of benzene rings is 1. The van der Waals surface area contributed by atoms with E-state index in [2.05, 4.69) is 50.3 Å². The summed E-state index contributed by atoms with van der Waals surface area (Å²) in [7, 11) is 0. The standard InChI is InChI=1S/C12H14O/c1-10-6-3-4-7-11(10)12(2)8-5-9-13-12/h3-8H,9H2,1-2H3. The second-order valence-corrected chi connectivity index (χ2v) is 3.64. The van der Waals surface area contributed by atoms with Crippen molar-refractivity contribution in [3.63, 3.8) is 0 Å². The Morgan fingerprint density at radius 1 is 1.31 bits per heavy atom. The van der Waals surface area contributed by atoms with E-state index < -0.39 is 0 Å². The van der Waals surface area contributed by atoms with Crippen molar-refractivity contribution < 1.29 is 4.74 Å². The van der Waals surface area contributed by atoms with Gasteiger partial charge in [0.25, 0.3) is 0 Å². The van der Waals surface area contributed by atoms with Crippen LogP contribution in [0.4, 0.5) is 0 Å². The zero-order valence-electron chi connectivity index (χ0n) is 8.08. The van der Waals surface area contributed by atoms with E-state index in [1.165, 1.54) is 11.1 Å². The monoisotopic (exact) mass is 174 g/mol. The predicted octanol–water partition coefficient (Wildman–Crippen LogP) is 2.80. The third-order valence-corrected chi connectivity index (χ3v) is 2.60. The molecule has 0 aromatic heterocycles. The first-order chi connectivity index (χ1) is 6.22. The van der Waals surface area contributed by atoms with E-state index in [0.29, 0.717) is 0 Å². The molecule has 2 rings (SSSR count). The maximum absolute atomic E-state index is 5.70. The lowest BCUT2D eigenvalue weighted by Gasteiger charge is -2.24. The Morgan fingerprint density at radius 2 is 2.08 bits per heavy atom. The maximum atomic E-state index is 5.70. The van der Waals surface area contributed by atoms with Crippen molar-refractivity contribution >= 4 is 0 Å². The molecule has 0 aliphatic carbocycles. The summed E-state index contributed by atoms with van der Waals surface area (Å²) in [4.78, 5) is 0. The molecule has 1 nitrogen and oxygen atoms in total. The lowest BCUT2D eigenvalue weighted by Crippen LogP contribution is -2.20. The minimum Gasteiger partial charge on any atom is -0.362 e. The fourth-order valence-electron chi connectivity index (χ4n) is 1.84. The SMILES string of the molecule is Cc1ccccc1C1(C)C=CCO1. The van der Waals surface area contributed by atoms with Gasteiger partial charge in [-0.1, -0.05) is 36.4 Å². The minimum atomic E-state index is -0.203. The summed E-state index contributed by atoms with van der Waals surface area (Å²) < 4.78 is 5.70. The van der Waals surface area contributed by atoms with Crippen LogP contribution in [0.15, 0.2) is 36.4 Å². The van der Waals surface area contributed by atoms with Crippen LogP contribution in [0.2, 0.25) is 0 Å². The van der Waals surface area contributed by atoms with Gasteiger partial charge in [0, 0.05) is 0 Å². The van der Waals surface area contributed by atoms with E-state index in [0.717, 1.165) is 6.61 Å². The summed E-state index contributed by atoms with van der Waals surface area (Å²) >= 11 is 0. The van der Waals surface area contributed by atoms with Gasteiger partial charge < -0.3 is 4.74 Å². The van der Waals surface area contributed by atoms with Gasteiger partial charge >= 0.3 is 0 Å². The summed E-state index contributed by atoms with van der Waals surface area (Å²) in [5, 5.41) is 0. The van der Waals surface area contributed by atoms with Crippen molar-refractivity contribution in [1.82, 2.24) is 0 Å². The van der Waals surface area contributed by atoms with Crippen LogP contribution in [-0.4, -0.2) is 6.61 Å². The predicted molar refractivity (Wildman–Crippen MR) is 53.6 cm³/mol. The van der Waals surface area contributed by atoms with Crippen molar-refractivity contribution in [2.24, 2.45) is 0 Å². The van der Waals surface area contributed by atoms with Gasteiger partial charge in [0.2, 0.25) is 0 Å². The molecule has 1 aromatic carbocycles. The first-order valence-electron chi connectivity index (χ1n) is 4.60. The Bertz CT molecular complexity index is 341. The molecule has 1 heterocycles. The van der Waals surface area contributed by atoms with Gasteiger partial charge in [0.05, 0.1) is 6.61 Å². The van der Waals surface area contributed by atoms with E-state index in [9.17, 15) is 0 Å². The molecule has 0 bridgehead atoms. The summed E-state index contributed by atoms with van der Waals surface area (Å²) in [5.41, 5.74) is 2.35. The third kappa shape index (κ3) is 1.40. The Morgan fingerprint density at radius 3 is 2.69 bits per heavy atom. The normalized spacial score (nSPS) is 26.6. The second kappa shape index (κ2) is 3.00. The fraction of sp³-hybridized carbons (Fsp3) is 0.333. The molecule has 0 spiro atoms. The molecule has 1 aliphatic heterocycles. The highest BCUT2D eigenvalue weighted by Gasteiger charge is 2.28. The molecular weight excluding hydrogens is 160 g/mol. The van der Waals surface area contributed by atoms with Crippen molar-refractivity contribution in [3.8, 4) is 0 Å². The van der Waals surface area contributed by atoms with Crippen LogP contribution >= 0.6 is 0 Å². The highest BCUT2D eigenvalue weighted by Crippen LogP contribution is 2.32. The molecule has 13 heavy (non-hydrogen) atoms. The van der Waals surface area contributed by atoms with Gasteiger partial charge in [-0.2, -0.15) is 0 Å². The van der Waals surface area contributed by atoms with E-state index in [-0.39, 0.29) is 5.60 Å². The number of hydrogen-bond donors (Lipinski definition) is 0. The highest BCUT2D eigenvalue weighted by molar-refractivity contribution is 5.35. The van der Waals surface area contributed by atoms with Crippen LogP contribution in [0, 0.1) is 6.92 Å². The maximum Gasteiger partial charge on any atom is 0.109 e. The molecule has 0 saturated heterocycles. The molecule has 1 unspecified atom stereocenters. The first kappa shape index (κ1) is 8.52. The van der Waals surface area contributed by atoms with Crippen molar-refractivity contribution in [3.05, 3.63) is 47.5 Å². The molecule has 0 N–H and O–H groups in total. The number of ether oxygens (including phenoxy) is 1. The molecule has 1 atom stereocenters. The second-order valence-electron chi connectivity index (χ2n) is 3.64. The van der Waals surface area contributed by atoms with E-state index in [1.807, 2.05) is 0 Å². The first-order valence-corrected chi connectivity index (χ1v) is 4.60. The van der Waals surface area contributed by atoms with Crippen molar-refractivity contribution in [1.29, 1.82) is 0 Å². The summed E-state index contributed by atoms with van der Waals surface area (Å²) in [6, 6.07) is 8.37. The summed E-state index contributed by atoms with van der Waals surface area (Å²) in [6.07, 6.45) is 4.21.